The van der Waals surface area contributed by atoms with Gasteiger partial charge in [0, 0.05) is 16.8 Å². The molecule has 0 spiro atoms. The molecule has 0 saturated heterocycles. The van der Waals surface area contributed by atoms with E-state index < -0.39 is 17.9 Å². The van der Waals surface area contributed by atoms with E-state index in [1.807, 2.05) is 24.3 Å². The van der Waals surface area contributed by atoms with Gasteiger partial charge in [-0.2, -0.15) is 0 Å². The molecule has 0 aliphatic carbocycles. The van der Waals surface area contributed by atoms with Gasteiger partial charge >= 0.3 is 11.9 Å². The van der Waals surface area contributed by atoms with Crippen LogP contribution < -0.4 is 5.32 Å². The number of rotatable bonds is 5. The van der Waals surface area contributed by atoms with Gasteiger partial charge in [0.05, 0.1) is 30.3 Å². The molecule has 0 radical (unpaired) electrons. The highest BCUT2D eigenvalue weighted by Gasteiger charge is 2.35. The molecule has 2 rings (SSSR count). The second-order valence-corrected chi connectivity index (χ2v) is 5.76. The molecule has 0 saturated carbocycles. The van der Waals surface area contributed by atoms with Gasteiger partial charge in [-0.25, -0.2) is 9.59 Å². The summed E-state index contributed by atoms with van der Waals surface area (Å²) in [5.74, 6) is -1.45. The minimum absolute atomic E-state index is 0.260. The fraction of sp³-hybridized carbons (Fsp3) is 0.333. The van der Waals surface area contributed by atoms with Crippen LogP contribution in [0.4, 0.5) is 0 Å². The Morgan fingerprint density at radius 2 is 1.67 bits per heavy atom. The molecule has 5 nitrogen and oxygen atoms in total. The van der Waals surface area contributed by atoms with Gasteiger partial charge in [0.1, 0.15) is 0 Å². The molecule has 0 fully saturated rings. The maximum Gasteiger partial charge on any atom is 0.336 e. The van der Waals surface area contributed by atoms with Crippen LogP contribution in [-0.2, 0) is 19.1 Å². The number of allylic oxidation sites excluding steroid dienone is 1. The summed E-state index contributed by atoms with van der Waals surface area (Å²) in [6.07, 6.45) is 1.59. The molecule has 0 amide bonds. The van der Waals surface area contributed by atoms with Crippen molar-refractivity contribution in [3.05, 3.63) is 52.9 Å². The molecule has 1 aliphatic rings. The van der Waals surface area contributed by atoms with E-state index in [2.05, 4.69) is 17.9 Å². The van der Waals surface area contributed by atoms with Crippen molar-refractivity contribution in [2.24, 2.45) is 0 Å². The van der Waals surface area contributed by atoms with Crippen molar-refractivity contribution in [1.29, 1.82) is 0 Å². The first-order chi connectivity index (χ1) is 11.5. The van der Waals surface area contributed by atoms with Crippen molar-refractivity contribution in [2.75, 3.05) is 13.2 Å². The molecule has 0 aromatic heterocycles. The molecule has 0 bridgehead atoms. The SMILES string of the molecule is CCOC(=O)C1=CNC(C)=C(C(=O)OCC)C1c1ccc(S)cc1. The summed E-state index contributed by atoms with van der Waals surface area (Å²) in [6, 6.07) is 7.33. The van der Waals surface area contributed by atoms with Crippen LogP contribution in [0.5, 0.6) is 0 Å². The molecule has 1 N–H and O–H groups in total. The normalized spacial score (nSPS) is 17.0. The summed E-state index contributed by atoms with van der Waals surface area (Å²) in [5, 5.41) is 2.97. The summed E-state index contributed by atoms with van der Waals surface area (Å²) < 4.78 is 10.3. The van der Waals surface area contributed by atoms with Crippen LogP contribution in [0.15, 0.2) is 52.2 Å². The smallest absolute Gasteiger partial charge is 0.336 e. The van der Waals surface area contributed by atoms with Crippen LogP contribution in [0.2, 0.25) is 0 Å². The maximum absolute atomic E-state index is 12.5. The number of carbonyl (C=O) groups excluding carboxylic acids is 2. The van der Waals surface area contributed by atoms with Crippen LogP contribution >= 0.6 is 12.6 Å². The van der Waals surface area contributed by atoms with Crippen molar-refractivity contribution in [3.8, 4) is 0 Å². The second kappa shape index (κ2) is 8.06. The number of hydrogen-bond donors (Lipinski definition) is 2. The van der Waals surface area contributed by atoms with E-state index in [0.717, 1.165) is 10.5 Å². The van der Waals surface area contributed by atoms with E-state index in [1.54, 1.807) is 27.0 Å². The van der Waals surface area contributed by atoms with Crippen LogP contribution in [-0.4, -0.2) is 25.2 Å². The standard InChI is InChI=1S/C18H21NO4S/c1-4-22-17(20)14-10-19-11(3)15(18(21)23-5-2)16(14)12-6-8-13(24)9-7-12/h6-10,16,19,24H,4-5H2,1-3H3. The number of thiol groups is 1. The fourth-order valence-electron chi connectivity index (χ4n) is 2.60. The Kier molecular flexibility index (Phi) is 6.09. The quantitative estimate of drug-likeness (QED) is 0.633. The first-order valence-electron chi connectivity index (χ1n) is 7.80. The lowest BCUT2D eigenvalue weighted by molar-refractivity contribution is -0.139. The monoisotopic (exact) mass is 347 g/mol. The van der Waals surface area contributed by atoms with Gasteiger partial charge in [-0.05, 0) is 38.5 Å². The van der Waals surface area contributed by atoms with Gasteiger partial charge in [-0.15, -0.1) is 12.6 Å². The zero-order valence-electron chi connectivity index (χ0n) is 14.0. The van der Waals surface area contributed by atoms with E-state index in [4.69, 9.17) is 9.47 Å². The number of ether oxygens (including phenoxy) is 2. The van der Waals surface area contributed by atoms with Gasteiger partial charge in [0.25, 0.3) is 0 Å². The third-order valence-electron chi connectivity index (χ3n) is 3.68. The van der Waals surface area contributed by atoms with Gasteiger partial charge < -0.3 is 14.8 Å². The molecule has 1 aromatic carbocycles. The fourth-order valence-corrected chi connectivity index (χ4v) is 2.75. The van der Waals surface area contributed by atoms with Crippen LogP contribution in [0, 0.1) is 0 Å². The average molecular weight is 347 g/mol. The Hall–Kier alpha value is -2.21. The Morgan fingerprint density at radius 1 is 1.08 bits per heavy atom. The lowest BCUT2D eigenvalue weighted by Crippen LogP contribution is -2.29. The largest absolute Gasteiger partial charge is 0.463 e. The third kappa shape index (κ3) is 3.82. The average Bonchev–Trinajstić information content (AvgIpc) is 2.55. The zero-order valence-corrected chi connectivity index (χ0v) is 14.9. The number of hydrogen-bond acceptors (Lipinski definition) is 6. The first-order valence-corrected chi connectivity index (χ1v) is 8.24. The molecule has 6 heteroatoms. The topological polar surface area (TPSA) is 64.6 Å². The van der Waals surface area contributed by atoms with Gasteiger partial charge in [-0.1, -0.05) is 12.1 Å². The van der Waals surface area contributed by atoms with Crippen molar-refractivity contribution < 1.29 is 19.1 Å². The Morgan fingerprint density at radius 3 is 2.25 bits per heavy atom. The van der Waals surface area contributed by atoms with E-state index in [-0.39, 0.29) is 13.2 Å². The predicted molar refractivity (Wildman–Crippen MR) is 93.6 cm³/mol. The molecular weight excluding hydrogens is 326 g/mol. The number of esters is 2. The second-order valence-electron chi connectivity index (χ2n) is 5.25. The minimum Gasteiger partial charge on any atom is -0.463 e. The predicted octanol–water partition coefficient (Wildman–Crippen LogP) is 2.95. The molecule has 1 aliphatic heterocycles. The van der Waals surface area contributed by atoms with Crippen molar-refractivity contribution in [2.45, 2.75) is 31.6 Å². The Balaban J connectivity index is 2.52. The van der Waals surface area contributed by atoms with Crippen molar-refractivity contribution in [3.63, 3.8) is 0 Å². The molecule has 1 heterocycles. The summed E-state index contributed by atoms with van der Waals surface area (Å²) in [5.41, 5.74) is 2.24. The number of nitrogens with one attached hydrogen (secondary N) is 1. The molecular formula is C18H21NO4S. The van der Waals surface area contributed by atoms with E-state index in [0.29, 0.717) is 16.8 Å². The lowest BCUT2D eigenvalue weighted by atomic mass is 9.82. The van der Waals surface area contributed by atoms with Gasteiger partial charge in [0.15, 0.2) is 0 Å². The highest BCUT2D eigenvalue weighted by Crippen LogP contribution is 2.37. The summed E-state index contributed by atoms with van der Waals surface area (Å²) >= 11 is 4.28. The van der Waals surface area contributed by atoms with Crippen molar-refractivity contribution in [1.82, 2.24) is 5.32 Å². The lowest BCUT2D eigenvalue weighted by Gasteiger charge is -2.27. The van der Waals surface area contributed by atoms with E-state index >= 15 is 0 Å². The van der Waals surface area contributed by atoms with Crippen LogP contribution in [0.25, 0.3) is 0 Å². The summed E-state index contributed by atoms with van der Waals surface area (Å²) in [6.45, 7) is 5.79. The molecule has 1 atom stereocenters. The van der Waals surface area contributed by atoms with Crippen LogP contribution in [0.3, 0.4) is 0 Å². The van der Waals surface area contributed by atoms with Crippen molar-refractivity contribution >= 4 is 24.6 Å². The van der Waals surface area contributed by atoms with Crippen LogP contribution in [0.1, 0.15) is 32.3 Å². The number of dihydropyridines is 1. The molecule has 24 heavy (non-hydrogen) atoms. The molecule has 1 aromatic rings. The zero-order chi connectivity index (χ0) is 17.7. The summed E-state index contributed by atoms with van der Waals surface area (Å²) in [4.78, 5) is 25.6. The molecule has 128 valence electrons. The highest BCUT2D eigenvalue weighted by molar-refractivity contribution is 7.80. The highest BCUT2D eigenvalue weighted by atomic mass is 32.1. The summed E-state index contributed by atoms with van der Waals surface area (Å²) in [7, 11) is 0. The third-order valence-corrected chi connectivity index (χ3v) is 3.98. The minimum atomic E-state index is -0.543. The Bertz CT molecular complexity index is 691. The van der Waals surface area contributed by atoms with E-state index in [9.17, 15) is 9.59 Å². The first kappa shape index (κ1) is 18.1. The number of benzene rings is 1. The van der Waals surface area contributed by atoms with Gasteiger partial charge in [0.2, 0.25) is 0 Å². The van der Waals surface area contributed by atoms with E-state index in [1.165, 1.54) is 0 Å². The number of carbonyl (C=O) groups is 2. The Labute approximate surface area is 147 Å². The maximum atomic E-state index is 12.5. The molecule has 1 unspecified atom stereocenters. The van der Waals surface area contributed by atoms with Gasteiger partial charge in [-0.3, -0.25) is 0 Å².